The molecule has 96 valence electrons. The molecule has 0 spiro atoms. The van der Waals surface area contributed by atoms with Gasteiger partial charge in [0.05, 0.1) is 11.6 Å². The van der Waals surface area contributed by atoms with E-state index < -0.39 is 0 Å². The van der Waals surface area contributed by atoms with Crippen molar-refractivity contribution in [3.8, 4) is 11.5 Å². The molecule has 0 bridgehead atoms. The van der Waals surface area contributed by atoms with E-state index in [4.69, 9.17) is 9.47 Å². The van der Waals surface area contributed by atoms with E-state index in [1.807, 2.05) is 18.2 Å². The van der Waals surface area contributed by atoms with E-state index in [-0.39, 0.29) is 0 Å². The fourth-order valence-corrected chi connectivity index (χ4v) is 2.02. The highest BCUT2D eigenvalue weighted by atomic mass is 79.9. The van der Waals surface area contributed by atoms with Gasteiger partial charge in [-0.05, 0) is 47.2 Å². The molecule has 4 heteroatoms. The lowest BCUT2D eigenvalue weighted by atomic mass is 10.3. The minimum absolute atomic E-state index is 0.701. The van der Waals surface area contributed by atoms with Crippen molar-refractivity contribution >= 4 is 15.9 Å². The number of rotatable bonds is 7. The number of methoxy groups -OCH3 is 1. The Morgan fingerprint density at radius 1 is 1.24 bits per heavy atom. The third-order valence-electron chi connectivity index (χ3n) is 2.70. The molecular weight excluding hydrogens is 282 g/mol. The highest BCUT2D eigenvalue weighted by Gasteiger charge is 2.04. The van der Waals surface area contributed by atoms with Crippen LogP contribution in [-0.4, -0.2) is 38.3 Å². The maximum absolute atomic E-state index is 5.73. The molecule has 1 aromatic carbocycles. The van der Waals surface area contributed by atoms with E-state index >= 15 is 0 Å². The summed E-state index contributed by atoms with van der Waals surface area (Å²) >= 11 is 3.47. The number of hydrogen-bond acceptors (Lipinski definition) is 3. The number of halogens is 1. The second-order valence-corrected chi connectivity index (χ2v) is 4.53. The van der Waals surface area contributed by atoms with Gasteiger partial charge in [-0.2, -0.15) is 0 Å². The van der Waals surface area contributed by atoms with Gasteiger partial charge in [0.15, 0.2) is 0 Å². The quantitative estimate of drug-likeness (QED) is 0.772. The van der Waals surface area contributed by atoms with Crippen molar-refractivity contribution in [2.75, 3.05) is 33.4 Å². The molecule has 0 unspecified atom stereocenters. The van der Waals surface area contributed by atoms with E-state index in [2.05, 4.69) is 34.7 Å². The molecule has 0 aromatic heterocycles. The van der Waals surface area contributed by atoms with Crippen LogP contribution in [0.15, 0.2) is 22.7 Å². The smallest absolute Gasteiger partial charge is 0.133 e. The molecule has 1 rings (SSSR count). The Hall–Kier alpha value is -0.740. The second-order valence-electron chi connectivity index (χ2n) is 3.67. The summed E-state index contributed by atoms with van der Waals surface area (Å²) in [5.74, 6) is 1.69. The van der Waals surface area contributed by atoms with Crippen molar-refractivity contribution in [2.45, 2.75) is 13.8 Å². The number of likely N-dealkylation sites (N-methyl/N-ethyl adjacent to an activating group) is 1. The fourth-order valence-electron chi connectivity index (χ4n) is 1.55. The van der Waals surface area contributed by atoms with Gasteiger partial charge in [0.1, 0.15) is 18.1 Å². The number of nitrogens with zero attached hydrogens (tertiary/aromatic N) is 1. The first kappa shape index (κ1) is 14.3. The van der Waals surface area contributed by atoms with Gasteiger partial charge in [-0.1, -0.05) is 13.8 Å². The van der Waals surface area contributed by atoms with Crippen molar-refractivity contribution in [1.29, 1.82) is 0 Å². The largest absolute Gasteiger partial charge is 0.497 e. The molecule has 0 amide bonds. The van der Waals surface area contributed by atoms with Gasteiger partial charge in [-0.25, -0.2) is 0 Å². The van der Waals surface area contributed by atoms with Crippen LogP contribution < -0.4 is 9.47 Å². The first-order chi connectivity index (χ1) is 8.21. The molecule has 0 atom stereocenters. The first-order valence-electron chi connectivity index (χ1n) is 5.90. The van der Waals surface area contributed by atoms with Crippen LogP contribution >= 0.6 is 15.9 Å². The third kappa shape index (κ3) is 4.56. The van der Waals surface area contributed by atoms with Crippen molar-refractivity contribution in [3.63, 3.8) is 0 Å². The minimum Gasteiger partial charge on any atom is -0.497 e. The molecule has 0 aliphatic rings. The number of ether oxygens (including phenoxy) is 2. The first-order valence-corrected chi connectivity index (χ1v) is 6.69. The monoisotopic (exact) mass is 301 g/mol. The SMILES string of the molecule is CCN(CC)CCOc1ccc(OC)cc1Br. The van der Waals surface area contributed by atoms with E-state index in [9.17, 15) is 0 Å². The average molecular weight is 302 g/mol. The molecule has 0 aliphatic heterocycles. The summed E-state index contributed by atoms with van der Waals surface area (Å²) in [5.41, 5.74) is 0. The Labute approximate surface area is 112 Å². The predicted molar refractivity (Wildman–Crippen MR) is 74.0 cm³/mol. The third-order valence-corrected chi connectivity index (χ3v) is 3.32. The lowest BCUT2D eigenvalue weighted by Crippen LogP contribution is -2.27. The Kier molecular flexibility index (Phi) is 6.37. The maximum Gasteiger partial charge on any atom is 0.133 e. The van der Waals surface area contributed by atoms with Crippen molar-refractivity contribution in [2.24, 2.45) is 0 Å². The molecular formula is C13H20BrNO2. The van der Waals surface area contributed by atoms with Crippen LogP contribution in [-0.2, 0) is 0 Å². The topological polar surface area (TPSA) is 21.7 Å². The van der Waals surface area contributed by atoms with Crippen LogP contribution in [0.5, 0.6) is 11.5 Å². The molecule has 0 N–H and O–H groups in total. The average Bonchev–Trinajstić information content (AvgIpc) is 2.36. The zero-order valence-corrected chi connectivity index (χ0v) is 12.3. The van der Waals surface area contributed by atoms with Crippen LogP contribution in [0.4, 0.5) is 0 Å². The van der Waals surface area contributed by atoms with E-state index in [0.29, 0.717) is 6.61 Å². The molecule has 0 saturated heterocycles. The van der Waals surface area contributed by atoms with E-state index in [0.717, 1.165) is 35.6 Å². The highest BCUT2D eigenvalue weighted by molar-refractivity contribution is 9.10. The Bertz CT molecular complexity index is 340. The summed E-state index contributed by atoms with van der Waals surface area (Å²) in [6.45, 7) is 8.09. The van der Waals surface area contributed by atoms with Crippen LogP contribution in [0.2, 0.25) is 0 Å². The zero-order valence-electron chi connectivity index (χ0n) is 10.7. The summed E-state index contributed by atoms with van der Waals surface area (Å²) < 4.78 is 11.8. The van der Waals surface area contributed by atoms with Gasteiger partial charge in [0, 0.05) is 6.54 Å². The maximum atomic E-state index is 5.73. The van der Waals surface area contributed by atoms with Crippen LogP contribution in [0.1, 0.15) is 13.8 Å². The summed E-state index contributed by atoms with van der Waals surface area (Å²) in [5, 5.41) is 0. The lowest BCUT2D eigenvalue weighted by molar-refractivity contribution is 0.222. The van der Waals surface area contributed by atoms with Gasteiger partial charge in [0.2, 0.25) is 0 Å². The standard InChI is InChI=1S/C13H20BrNO2/c1-4-15(5-2)8-9-17-13-7-6-11(16-3)10-12(13)14/h6-7,10H,4-5,8-9H2,1-3H3. The summed E-state index contributed by atoms with van der Waals surface area (Å²) in [7, 11) is 1.66. The fraction of sp³-hybridized carbons (Fsp3) is 0.538. The minimum atomic E-state index is 0.701. The Balaban J connectivity index is 2.46. The molecule has 17 heavy (non-hydrogen) atoms. The second kappa shape index (κ2) is 7.56. The zero-order chi connectivity index (χ0) is 12.7. The molecule has 1 aromatic rings. The Morgan fingerprint density at radius 2 is 1.94 bits per heavy atom. The number of benzene rings is 1. The van der Waals surface area contributed by atoms with Crippen molar-refractivity contribution < 1.29 is 9.47 Å². The molecule has 0 saturated carbocycles. The number of hydrogen-bond donors (Lipinski definition) is 0. The Morgan fingerprint density at radius 3 is 2.47 bits per heavy atom. The molecule has 3 nitrogen and oxygen atoms in total. The van der Waals surface area contributed by atoms with Crippen LogP contribution in [0.25, 0.3) is 0 Å². The molecule has 0 radical (unpaired) electrons. The van der Waals surface area contributed by atoms with Gasteiger partial charge in [-0.3, -0.25) is 0 Å². The van der Waals surface area contributed by atoms with Crippen molar-refractivity contribution in [3.05, 3.63) is 22.7 Å². The molecule has 0 heterocycles. The van der Waals surface area contributed by atoms with E-state index in [1.165, 1.54) is 0 Å². The summed E-state index contributed by atoms with van der Waals surface area (Å²) in [4.78, 5) is 2.33. The predicted octanol–water partition coefficient (Wildman–Crippen LogP) is 3.18. The summed E-state index contributed by atoms with van der Waals surface area (Å²) in [6.07, 6.45) is 0. The van der Waals surface area contributed by atoms with Crippen molar-refractivity contribution in [1.82, 2.24) is 4.90 Å². The summed E-state index contributed by atoms with van der Waals surface area (Å²) in [6, 6.07) is 5.73. The molecule has 0 aliphatic carbocycles. The normalized spacial score (nSPS) is 10.6. The van der Waals surface area contributed by atoms with Gasteiger partial charge in [-0.15, -0.1) is 0 Å². The van der Waals surface area contributed by atoms with Crippen LogP contribution in [0, 0.1) is 0 Å². The lowest BCUT2D eigenvalue weighted by Gasteiger charge is -2.18. The van der Waals surface area contributed by atoms with Gasteiger partial charge >= 0.3 is 0 Å². The van der Waals surface area contributed by atoms with Gasteiger partial charge < -0.3 is 14.4 Å². The molecule has 0 fully saturated rings. The van der Waals surface area contributed by atoms with Crippen LogP contribution in [0.3, 0.4) is 0 Å². The van der Waals surface area contributed by atoms with Gasteiger partial charge in [0.25, 0.3) is 0 Å². The van der Waals surface area contributed by atoms with E-state index in [1.54, 1.807) is 7.11 Å². The highest BCUT2D eigenvalue weighted by Crippen LogP contribution is 2.28.